The Morgan fingerprint density at radius 2 is 2.19 bits per heavy atom. The van der Waals surface area contributed by atoms with Gasteiger partial charge in [0.05, 0.1) is 12.7 Å². The Morgan fingerprint density at radius 1 is 1.41 bits per heavy atom. The average Bonchev–Trinajstić information content (AvgIpc) is 3.05. The zero-order valence-electron chi connectivity index (χ0n) is 15.3. The van der Waals surface area contributed by atoms with Crippen LogP contribution in [-0.4, -0.2) is 35.2 Å². The van der Waals surface area contributed by atoms with Gasteiger partial charge >= 0.3 is 6.18 Å². The third-order valence-corrected chi connectivity index (χ3v) is 4.79. The predicted molar refractivity (Wildman–Crippen MR) is 93.1 cm³/mol. The summed E-state index contributed by atoms with van der Waals surface area (Å²) in [5.74, 6) is 1.31. The molecule has 0 aliphatic carbocycles. The molecule has 2 heterocycles. The van der Waals surface area contributed by atoms with Gasteiger partial charge in [-0.3, -0.25) is 0 Å². The van der Waals surface area contributed by atoms with Crippen molar-refractivity contribution in [1.29, 1.82) is 5.26 Å². The molecular formula is C19H21F3N4O. The van der Waals surface area contributed by atoms with Crippen LogP contribution in [0.1, 0.15) is 29.1 Å². The third kappa shape index (κ3) is 4.42. The number of ether oxygens (including phenoxy) is 1. The highest BCUT2D eigenvalue weighted by Gasteiger charge is 2.35. The molecule has 1 aromatic heterocycles. The number of aryl methyl sites for hydroxylation is 1. The second-order valence-corrected chi connectivity index (χ2v) is 6.94. The van der Waals surface area contributed by atoms with E-state index < -0.39 is 11.9 Å². The number of halogens is 3. The summed E-state index contributed by atoms with van der Waals surface area (Å²) in [5.41, 5.74) is 0.672. The van der Waals surface area contributed by atoms with Crippen LogP contribution in [0.3, 0.4) is 0 Å². The smallest absolute Gasteiger partial charge is 0.434 e. The first-order chi connectivity index (χ1) is 12.8. The summed E-state index contributed by atoms with van der Waals surface area (Å²) in [6, 6.07) is 7.62. The molecule has 0 spiro atoms. The van der Waals surface area contributed by atoms with E-state index in [9.17, 15) is 18.4 Å². The van der Waals surface area contributed by atoms with Crippen molar-refractivity contribution in [3.8, 4) is 11.8 Å². The van der Waals surface area contributed by atoms with Gasteiger partial charge in [0, 0.05) is 32.3 Å². The Balaban J connectivity index is 1.61. The van der Waals surface area contributed by atoms with E-state index in [1.807, 2.05) is 13.1 Å². The molecule has 27 heavy (non-hydrogen) atoms. The number of aromatic nitrogens is 2. The Morgan fingerprint density at radius 3 is 2.85 bits per heavy atom. The molecule has 8 heteroatoms. The summed E-state index contributed by atoms with van der Waals surface area (Å²) >= 11 is 0. The van der Waals surface area contributed by atoms with Gasteiger partial charge in [-0.25, -0.2) is 4.98 Å². The van der Waals surface area contributed by atoms with Gasteiger partial charge in [0.15, 0.2) is 5.69 Å². The van der Waals surface area contributed by atoms with Crippen molar-refractivity contribution in [2.75, 3.05) is 20.7 Å². The zero-order chi connectivity index (χ0) is 19.6. The summed E-state index contributed by atoms with van der Waals surface area (Å²) in [6.07, 6.45) is -1.92. The van der Waals surface area contributed by atoms with Crippen molar-refractivity contribution < 1.29 is 17.9 Å². The molecule has 1 aromatic carbocycles. The number of rotatable bonds is 5. The van der Waals surface area contributed by atoms with Gasteiger partial charge in [-0.1, -0.05) is 6.07 Å². The van der Waals surface area contributed by atoms with Crippen molar-refractivity contribution in [2.24, 2.45) is 5.92 Å². The quantitative estimate of drug-likeness (QED) is 0.799. The molecule has 0 saturated carbocycles. The lowest BCUT2D eigenvalue weighted by Gasteiger charge is -2.28. The molecule has 3 rings (SSSR count). The van der Waals surface area contributed by atoms with Gasteiger partial charge < -0.3 is 14.2 Å². The van der Waals surface area contributed by atoms with Crippen LogP contribution in [0.5, 0.6) is 5.75 Å². The van der Waals surface area contributed by atoms with Crippen molar-refractivity contribution in [2.45, 2.75) is 32.1 Å². The van der Waals surface area contributed by atoms with Gasteiger partial charge in [0.1, 0.15) is 17.6 Å². The minimum atomic E-state index is -4.40. The topological polar surface area (TPSA) is 54.1 Å². The maximum Gasteiger partial charge on any atom is 0.434 e. The predicted octanol–water partition coefficient (Wildman–Crippen LogP) is 3.48. The van der Waals surface area contributed by atoms with Crippen LogP contribution in [0.15, 0.2) is 24.4 Å². The molecule has 144 valence electrons. The number of methoxy groups -OCH3 is 1. The fraction of sp³-hybridized carbons (Fsp3) is 0.474. The van der Waals surface area contributed by atoms with Crippen molar-refractivity contribution in [3.05, 3.63) is 47.0 Å². The maximum absolute atomic E-state index is 12.8. The molecule has 0 fully saturated rings. The van der Waals surface area contributed by atoms with E-state index in [0.29, 0.717) is 36.6 Å². The van der Waals surface area contributed by atoms with E-state index in [1.54, 1.807) is 16.7 Å². The van der Waals surface area contributed by atoms with Crippen LogP contribution in [0, 0.1) is 17.2 Å². The molecule has 0 bridgehead atoms. The van der Waals surface area contributed by atoms with Crippen LogP contribution < -0.4 is 4.74 Å². The van der Waals surface area contributed by atoms with E-state index in [-0.39, 0.29) is 5.92 Å². The van der Waals surface area contributed by atoms with E-state index in [4.69, 9.17) is 4.74 Å². The number of fused-ring (bicyclic) bond motifs is 1. The molecular weight excluding hydrogens is 357 g/mol. The third-order valence-electron chi connectivity index (χ3n) is 4.79. The highest BCUT2D eigenvalue weighted by molar-refractivity contribution is 5.45. The molecule has 0 radical (unpaired) electrons. The Bertz CT molecular complexity index is 854. The molecule has 1 aliphatic heterocycles. The monoisotopic (exact) mass is 378 g/mol. The van der Waals surface area contributed by atoms with Gasteiger partial charge in [0.25, 0.3) is 0 Å². The number of alkyl halides is 3. The van der Waals surface area contributed by atoms with Crippen molar-refractivity contribution in [3.63, 3.8) is 0 Å². The Hall–Kier alpha value is -2.53. The summed E-state index contributed by atoms with van der Waals surface area (Å²) in [4.78, 5) is 5.85. The fourth-order valence-corrected chi connectivity index (χ4v) is 3.56. The van der Waals surface area contributed by atoms with E-state index in [0.717, 1.165) is 24.7 Å². The van der Waals surface area contributed by atoms with Gasteiger partial charge in [0.2, 0.25) is 0 Å². The summed E-state index contributed by atoms with van der Waals surface area (Å²) in [6.45, 7) is 1.95. The zero-order valence-corrected chi connectivity index (χ0v) is 15.3. The lowest BCUT2D eigenvalue weighted by molar-refractivity contribution is -0.141. The van der Waals surface area contributed by atoms with E-state index in [2.05, 4.69) is 16.0 Å². The number of hydrogen-bond acceptors (Lipinski definition) is 4. The molecule has 0 saturated heterocycles. The maximum atomic E-state index is 12.8. The molecule has 1 atom stereocenters. The van der Waals surface area contributed by atoms with Crippen molar-refractivity contribution in [1.82, 2.24) is 14.5 Å². The van der Waals surface area contributed by atoms with Crippen LogP contribution in [0.4, 0.5) is 13.2 Å². The largest absolute Gasteiger partial charge is 0.495 e. The second kappa shape index (κ2) is 7.61. The standard InChI is InChI=1S/C19H21F3N4O/c1-25(9-13-3-5-16(27-2)15(7-13)8-23)10-14-4-6-18-24-17(19(20,21)22)12-26(18)11-14/h3,5,7,12,14H,4,6,9-11H2,1-2H3/t14-/m0/s1. The van der Waals surface area contributed by atoms with Crippen LogP contribution in [0.25, 0.3) is 0 Å². The van der Waals surface area contributed by atoms with Gasteiger partial charge in [-0.15, -0.1) is 0 Å². The molecule has 2 aromatic rings. The molecule has 0 unspecified atom stereocenters. The SMILES string of the molecule is COc1ccc(CN(C)C[C@@H]2CCc3nc(C(F)(F)F)cn3C2)cc1C#N. The highest BCUT2D eigenvalue weighted by Crippen LogP contribution is 2.31. The first kappa shape index (κ1) is 19.2. The molecule has 1 aliphatic rings. The first-order valence-electron chi connectivity index (χ1n) is 8.69. The number of nitrogens with zero attached hydrogens (tertiary/aromatic N) is 4. The number of benzene rings is 1. The number of imidazole rings is 1. The first-order valence-corrected chi connectivity index (χ1v) is 8.69. The number of nitriles is 1. The number of hydrogen-bond donors (Lipinski definition) is 0. The molecule has 5 nitrogen and oxygen atoms in total. The van der Waals surface area contributed by atoms with Gasteiger partial charge in [-0.2, -0.15) is 18.4 Å². The lowest BCUT2D eigenvalue weighted by Crippen LogP contribution is -2.31. The van der Waals surface area contributed by atoms with Crippen LogP contribution in [0.2, 0.25) is 0 Å². The summed E-state index contributed by atoms with van der Waals surface area (Å²) < 4.78 is 45.3. The van der Waals surface area contributed by atoms with Crippen molar-refractivity contribution >= 4 is 0 Å². The summed E-state index contributed by atoms with van der Waals surface area (Å²) in [7, 11) is 3.50. The fourth-order valence-electron chi connectivity index (χ4n) is 3.56. The minimum absolute atomic E-state index is 0.256. The normalized spacial score (nSPS) is 16.9. The lowest BCUT2D eigenvalue weighted by atomic mass is 9.98. The van der Waals surface area contributed by atoms with Gasteiger partial charge in [-0.05, 0) is 37.1 Å². The Labute approximate surface area is 156 Å². The summed E-state index contributed by atoms with van der Waals surface area (Å²) in [5, 5.41) is 9.19. The van der Waals surface area contributed by atoms with Crippen LogP contribution in [-0.2, 0) is 25.7 Å². The molecule has 0 N–H and O–H groups in total. The molecule has 0 amide bonds. The average molecular weight is 378 g/mol. The Kier molecular flexibility index (Phi) is 5.42. The highest BCUT2D eigenvalue weighted by atomic mass is 19.4. The second-order valence-electron chi connectivity index (χ2n) is 6.94. The van der Waals surface area contributed by atoms with E-state index >= 15 is 0 Å². The van der Waals surface area contributed by atoms with E-state index in [1.165, 1.54) is 7.11 Å². The minimum Gasteiger partial charge on any atom is -0.495 e. The van der Waals surface area contributed by atoms with Crippen LogP contribution >= 0.6 is 0 Å².